The highest BCUT2D eigenvalue weighted by Crippen LogP contribution is 2.52. The lowest BCUT2D eigenvalue weighted by atomic mass is 10.0. The minimum absolute atomic E-state index is 0.189. The summed E-state index contributed by atoms with van der Waals surface area (Å²) >= 11 is 6.04. The van der Waals surface area contributed by atoms with E-state index in [9.17, 15) is 0 Å². The topological polar surface area (TPSA) is 36.9 Å². The third-order valence-corrected chi connectivity index (χ3v) is 3.25. The average molecular weight is 273 g/mol. The van der Waals surface area contributed by atoms with Crippen LogP contribution >= 0.6 is 11.6 Å². The Balaban J connectivity index is 2.69. The molecular formula is C13H17ClO4. The van der Waals surface area contributed by atoms with Crippen LogP contribution in [-0.4, -0.2) is 21.0 Å². The van der Waals surface area contributed by atoms with Crippen molar-refractivity contribution in [2.45, 2.75) is 25.6 Å². The Labute approximate surface area is 112 Å². The fourth-order valence-electron chi connectivity index (χ4n) is 2.24. The van der Waals surface area contributed by atoms with Gasteiger partial charge in [0.1, 0.15) is 0 Å². The van der Waals surface area contributed by atoms with Gasteiger partial charge in [-0.3, -0.25) is 0 Å². The maximum absolute atomic E-state index is 6.04. The Morgan fingerprint density at radius 2 is 1.72 bits per heavy atom. The molecule has 2 rings (SSSR count). The minimum atomic E-state index is 0.189. The van der Waals surface area contributed by atoms with E-state index in [-0.39, 0.29) is 6.79 Å². The van der Waals surface area contributed by atoms with Crippen LogP contribution in [0.3, 0.4) is 0 Å². The van der Waals surface area contributed by atoms with Gasteiger partial charge in [0.2, 0.25) is 18.3 Å². The van der Waals surface area contributed by atoms with Crippen molar-refractivity contribution in [1.29, 1.82) is 0 Å². The van der Waals surface area contributed by atoms with E-state index in [2.05, 4.69) is 6.92 Å². The van der Waals surface area contributed by atoms with E-state index < -0.39 is 0 Å². The molecule has 0 aromatic heterocycles. The van der Waals surface area contributed by atoms with E-state index in [1.165, 1.54) is 0 Å². The molecule has 0 aliphatic carbocycles. The molecule has 0 fully saturated rings. The number of halogens is 1. The molecule has 0 atom stereocenters. The van der Waals surface area contributed by atoms with E-state index in [1.807, 2.05) is 0 Å². The summed E-state index contributed by atoms with van der Waals surface area (Å²) in [6, 6.07) is 0. The van der Waals surface area contributed by atoms with Gasteiger partial charge >= 0.3 is 0 Å². The Morgan fingerprint density at radius 1 is 1.06 bits per heavy atom. The lowest BCUT2D eigenvalue weighted by Gasteiger charge is -2.18. The highest BCUT2D eigenvalue weighted by Gasteiger charge is 2.30. The van der Waals surface area contributed by atoms with Crippen LogP contribution in [0.4, 0.5) is 0 Å². The zero-order chi connectivity index (χ0) is 13.1. The second-order valence-corrected chi connectivity index (χ2v) is 4.24. The number of hydrogen-bond donors (Lipinski definition) is 0. The van der Waals surface area contributed by atoms with Crippen LogP contribution in [0.1, 0.15) is 24.5 Å². The number of ether oxygens (including phenoxy) is 4. The monoisotopic (exact) mass is 272 g/mol. The van der Waals surface area contributed by atoms with Crippen molar-refractivity contribution in [2.24, 2.45) is 0 Å². The Morgan fingerprint density at radius 3 is 2.28 bits per heavy atom. The summed E-state index contributed by atoms with van der Waals surface area (Å²) in [5.41, 5.74) is 1.97. The van der Waals surface area contributed by atoms with Gasteiger partial charge in [0.05, 0.1) is 20.1 Å². The summed E-state index contributed by atoms with van der Waals surface area (Å²) in [4.78, 5) is 0. The molecule has 0 radical (unpaired) electrons. The molecule has 4 nitrogen and oxygen atoms in total. The van der Waals surface area contributed by atoms with Gasteiger partial charge in [-0.25, -0.2) is 0 Å². The van der Waals surface area contributed by atoms with Gasteiger partial charge in [-0.2, -0.15) is 0 Å². The zero-order valence-electron chi connectivity index (χ0n) is 10.8. The van der Waals surface area contributed by atoms with Crippen molar-refractivity contribution in [1.82, 2.24) is 0 Å². The summed E-state index contributed by atoms with van der Waals surface area (Å²) in [6.07, 6.45) is 1.85. The predicted molar refractivity (Wildman–Crippen MR) is 69.2 cm³/mol. The highest BCUT2D eigenvalue weighted by molar-refractivity contribution is 6.17. The fraction of sp³-hybridized carbons (Fsp3) is 0.538. The molecule has 0 spiro atoms. The number of methoxy groups -OCH3 is 2. The molecule has 100 valence electrons. The van der Waals surface area contributed by atoms with Gasteiger partial charge in [-0.1, -0.05) is 13.3 Å². The smallest absolute Gasteiger partial charge is 0.231 e. The van der Waals surface area contributed by atoms with Crippen LogP contribution in [-0.2, 0) is 12.3 Å². The largest absolute Gasteiger partial charge is 0.492 e. The summed E-state index contributed by atoms with van der Waals surface area (Å²) < 4.78 is 21.8. The molecule has 0 saturated heterocycles. The van der Waals surface area contributed by atoms with Crippen molar-refractivity contribution in [2.75, 3.05) is 21.0 Å². The third-order valence-electron chi connectivity index (χ3n) is 2.98. The Kier molecular flexibility index (Phi) is 4.07. The number of fused-ring (bicyclic) bond motifs is 1. The number of alkyl halides is 1. The third kappa shape index (κ3) is 1.94. The van der Waals surface area contributed by atoms with Crippen molar-refractivity contribution in [3.05, 3.63) is 11.1 Å². The molecule has 1 aromatic carbocycles. The van der Waals surface area contributed by atoms with Crippen LogP contribution in [0.2, 0.25) is 0 Å². The zero-order valence-corrected chi connectivity index (χ0v) is 11.6. The van der Waals surface area contributed by atoms with E-state index in [1.54, 1.807) is 14.2 Å². The summed E-state index contributed by atoms with van der Waals surface area (Å²) in [6.45, 7) is 2.29. The second kappa shape index (κ2) is 5.57. The fourth-order valence-corrected chi connectivity index (χ4v) is 2.53. The number of benzene rings is 1. The first-order valence-corrected chi connectivity index (χ1v) is 6.43. The van der Waals surface area contributed by atoms with E-state index in [0.717, 1.165) is 24.0 Å². The Hall–Kier alpha value is -1.29. The maximum Gasteiger partial charge on any atom is 0.231 e. The molecule has 0 unspecified atom stereocenters. The first kappa shape index (κ1) is 13.1. The number of rotatable bonds is 5. The average Bonchev–Trinajstić information content (AvgIpc) is 2.86. The van der Waals surface area contributed by atoms with E-state index >= 15 is 0 Å². The van der Waals surface area contributed by atoms with Crippen molar-refractivity contribution < 1.29 is 18.9 Å². The van der Waals surface area contributed by atoms with Gasteiger partial charge in [0.15, 0.2) is 11.5 Å². The molecule has 0 bridgehead atoms. The van der Waals surface area contributed by atoms with E-state index in [4.69, 9.17) is 30.5 Å². The molecule has 1 heterocycles. The molecule has 18 heavy (non-hydrogen) atoms. The number of hydrogen-bond acceptors (Lipinski definition) is 4. The molecule has 0 saturated carbocycles. The SMILES string of the molecule is CCCc1c(CCl)c2c(c(OC)c1OC)OCO2. The van der Waals surface area contributed by atoms with Gasteiger partial charge in [0.25, 0.3) is 0 Å². The van der Waals surface area contributed by atoms with Crippen LogP contribution < -0.4 is 18.9 Å². The van der Waals surface area contributed by atoms with Gasteiger partial charge in [0, 0.05) is 11.1 Å². The van der Waals surface area contributed by atoms with Crippen LogP contribution in [0.15, 0.2) is 0 Å². The minimum Gasteiger partial charge on any atom is -0.492 e. The van der Waals surface area contributed by atoms with E-state index in [0.29, 0.717) is 28.9 Å². The van der Waals surface area contributed by atoms with Crippen molar-refractivity contribution in [3.8, 4) is 23.0 Å². The predicted octanol–water partition coefficient (Wildman–Crippen LogP) is 3.12. The van der Waals surface area contributed by atoms with Gasteiger partial charge in [-0.05, 0) is 6.42 Å². The summed E-state index contributed by atoms with van der Waals surface area (Å²) in [5.74, 6) is 2.92. The maximum atomic E-state index is 6.04. The molecule has 1 aromatic rings. The molecule has 0 amide bonds. The van der Waals surface area contributed by atoms with Gasteiger partial charge in [-0.15, -0.1) is 11.6 Å². The standard InChI is InChI=1S/C13H17ClO4/c1-4-5-8-9(6-14)11-13(18-7-17-11)12(16-3)10(8)15-2/h4-7H2,1-3H3. The lowest BCUT2D eigenvalue weighted by molar-refractivity contribution is 0.170. The van der Waals surface area contributed by atoms with Crippen LogP contribution in [0.5, 0.6) is 23.0 Å². The quantitative estimate of drug-likeness (QED) is 0.772. The summed E-state index contributed by atoms with van der Waals surface area (Å²) in [5, 5.41) is 0. The van der Waals surface area contributed by atoms with Crippen molar-refractivity contribution in [3.63, 3.8) is 0 Å². The highest BCUT2D eigenvalue weighted by atomic mass is 35.5. The Bertz CT molecular complexity index is 445. The first-order valence-electron chi connectivity index (χ1n) is 5.89. The molecule has 1 aliphatic heterocycles. The molecule has 5 heteroatoms. The van der Waals surface area contributed by atoms with Crippen molar-refractivity contribution >= 4 is 11.6 Å². The second-order valence-electron chi connectivity index (χ2n) is 3.97. The normalized spacial score (nSPS) is 12.7. The molecule has 1 aliphatic rings. The molecule has 0 N–H and O–H groups in total. The lowest BCUT2D eigenvalue weighted by Crippen LogP contribution is -2.01. The molecular weight excluding hydrogens is 256 g/mol. The van der Waals surface area contributed by atoms with Gasteiger partial charge < -0.3 is 18.9 Å². The first-order chi connectivity index (χ1) is 8.78. The van der Waals surface area contributed by atoms with Crippen LogP contribution in [0.25, 0.3) is 0 Å². The summed E-state index contributed by atoms with van der Waals surface area (Å²) in [7, 11) is 3.22. The van der Waals surface area contributed by atoms with Crippen LogP contribution in [0, 0.1) is 0 Å².